The molecule has 1 heterocycles. The molecular formula is C22H33N3O. The zero-order valence-electron chi connectivity index (χ0n) is 15.8. The molecule has 2 bridgehead atoms. The van der Waals surface area contributed by atoms with Crippen molar-refractivity contribution in [3.63, 3.8) is 0 Å². The van der Waals surface area contributed by atoms with Gasteiger partial charge in [0, 0.05) is 25.0 Å². The molecule has 142 valence electrons. The van der Waals surface area contributed by atoms with E-state index in [0.29, 0.717) is 24.4 Å². The van der Waals surface area contributed by atoms with Gasteiger partial charge in [0.15, 0.2) is 0 Å². The van der Waals surface area contributed by atoms with Crippen molar-refractivity contribution in [2.75, 3.05) is 13.1 Å². The average Bonchev–Trinajstić information content (AvgIpc) is 3.14. The number of nitrogens with zero attached hydrogens (tertiary/aromatic N) is 1. The van der Waals surface area contributed by atoms with E-state index in [0.717, 1.165) is 19.4 Å². The van der Waals surface area contributed by atoms with Crippen LogP contribution in [0.25, 0.3) is 0 Å². The van der Waals surface area contributed by atoms with Crippen LogP contribution in [0.4, 0.5) is 0 Å². The molecule has 1 aliphatic heterocycles. The third kappa shape index (κ3) is 4.12. The van der Waals surface area contributed by atoms with Crippen molar-refractivity contribution >= 4 is 5.91 Å². The van der Waals surface area contributed by atoms with Crippen LogP contribution in [0.1, 0.15) is 56.1 Å². The average molecular weight is 356 g/mol. The first-order chi connectivity index (χ1) is 12.7. The van der Waals surface area contributed by atoms with Gasteiger partial charge in [0.1, 0.15) is 0 Å². The molecule has 0 spiro atoms. The van der Waals surface area contributed by atoms with E-state index in [1.165, 1.54) is 56.3 Å². The smallest absolute Gasteiger partial charge is 0.223 e. The first-order valence-electron chi connectivity index (χ1n) is 10.5. The summed E-state index contributed by atoms with van der Waals surface area (Å²) in [7, 11) is 0. The van der Waals surface area contributed by atoms with E-state index in [1.54, 1.807) is 0 Å². The predicted molar refractivity (Wildman–Crippen MR) is 104 cm³/mol. The molecule has 2 unspecified atom stereocenters. The Balaban J connectivity index is 1.26. The topological polar surface area (TPSA) is 58.4 Å². The van der Waals surface area contributed by atoms with E-state index in [1.807, 2.05) is 0 Å². The first-order valence-corrected chi connectivity index (χ1v) is 10.5. The van der Waals surface area contributed by atoms with E-state index in [-0.39, 0.29) is 11.8 Å². The van der Waals surface area contributed by atoms with Crippen LogP contribution >= 0.6 is 0 Å². The van der Waals surface area contributed by atoms with Crippen LogP contribution in [-0.4, -0.2) is 29.9 Å². The van der Waals surface area contributed by atoms with Crippen molar-refractivity contribution in [3.8, 4) is 0 Å². The molecule has 4 heteroatoms. The Labute approximate surface area is 157 Å². The number of carbonyl (C=O) groups is 1. The van der Waals surface area contributed by atoms with Crippen molar-refractivity contribution in [1.29, 1.82) is 0 Å². The van der Waals surface area contributed by atoms with Crippen LogP contribution in [-0.2, 0) is 17.9 Å². The normalized spacial score (nSPS) is 31.7. The Hall–Kier alpha value is -1.39. The number of likely N-dealkylation sites (tertiary alicyclic amines) is 1. The number of hydrogen-bond acceptors (Lipinski definition) is 3. The van der Waals surface area contributed by atoms with Gasteiger partial charge in [0.2, 0.25) is 5.91 Å². The summed E-state index contributed by atoms with van der Waals surface area (Å²) in [5.74, 6) is 1.51. The second-order valence-electron chi connectivity index (χ2n) is 8.71. The van der Waals surface area contributed by atoms with E-state index < -0.39 is 0 Å². The maximum Gasteiger partial charge on any atom is 0.223 e. The summed E-state index contributed by atoms with van der Waals surface area (Å²) in [6, 6.07) is 9.08. The van der Waals surface area contributed by atoms with Crippen molar-refractivity contribution in [3.05, 3.63) is 35.4 Å². The second kappa shape index (κ2) is 8.10. The Morgan fingerprint density at radius 2 is 1.62 bits per heavy atom. The highest BCUT2D eigenvalue weighted by molar-refractivity contribution is 5.78. The molecular weight excluding hydrogens is 322 g/mol. The van der Waals surface area contributed by atoms with Gasteiger partial charge in [-0.05, 0) is 74.6 Å². The number of amides is 1. The van der Waals surface area contributed by atoms with Crippen LogP contribution in [0.15, 0.2) is 24.3 Å². The third-order valence-corrected chi connectivity index (χ3v) is 6.88. The van der Waals surface area contributed by atoms with E-state index in [2.05, 4.69) is 34.5 Å². The Morgan fingerprint density at radius 3 is 2.27 bits per heavy atom. The fraction of sp³-hybridized carbons (Fsp3) is 0.682. The van der Waals surface area contributed by atoms with Crippen LogP contribution < -0.4 is 11.1 Å². The summed E-state index contributed by atoms with van der Waals surface area (Å²) in [5.41, 5.74) is 8.91. The van der Waals surface area contributed by atoms with E-state index in [4.69, 9.17) is 5.73 Å². The highest BCUT2D eigenvalue weighted by Crippen LogP contribution is 2.41. The Morgan fingerprint density at radius 1 is 1.00 bits per heavy atom. The molecule has 4 rings (SSSR count). The first kappa shape index (κ1) is 18.0. The monoisotopic (exact) mass is 355 g/mol. The standard InChI is InChI=1S/C22H33N3O/c23-21-18-4-3-5-19(21)13-20(12-18)22(26)24-14-16-6-8-17(9-7-16)15-25-10-1-2-11-25/h6-9,18-21H,1-5,10-15,23H2,(H,24,26). The zero-order chi connectivity index (χ0) is 17.9. The Bertz CT molecular complexity index is 594. The molecule has 3 N–H and O–H groups in total. The summed E-state index contributed by atoms with van der Waals surface area (Å²) in [6.07, 6.45) is 8.34. The molecule has 0 aromatic heterocycles. The van der Waals surface area contributed by atoms with Gasteiger partial charge in [0.05, 0.1) is 0 Å². The van der Waals surface area contributed by atoms with Crippen molar-refractivity contribution in [1.82, 2.24) is 10.2 Å². The molecule has 2 atom stereocenters. The second-order valence-corrected chi connectivity index (χ2v) is 8.71. The minimum absolute atomic E-state index is 0.166. The third-order valence-electron chi connectivity index (χ3n) is 6.88. The molecule has 1 aromatic carbocycles. The number of benzene rings is 1. The number of nitrogens with one attached hydrogen (secondary N) is 1. The largest absolute Gasteiger partial charge is 0.352 e. The van der Waals surface area contributed by atoms with Crippen LogP contribution in [0.5, 0.6) is 0 Å². The van der Waals surface area contributed by atoms with E-state index in [9.17, 15) is 4.79 Å². The van der Waals surface area contributed by atoms with Crippen LogP contribution in [0.2, 0.25) is 0 Å². The van der Waals surface area contributed by atoms with Gasteiger partial charge in [-0.1, -0.05) is 30.7 Å². The van der Waals surface area contributed by atoms with Crippen molar-refractivity contribution in [2.45, 2.75) is 64.1 Å². The van der Waals surface area contributed by atoms with Gasteiger partial charge in [0.25, 0.3) is 0 Å². The fourth-order valence-corrected chi connectivity index (χ4v) is 5.30. The number of fused-ring (bicyclic) bond motifs is 2. The summed E-state index contributed by atoms with van der Waals surface area (Å²) in [5, 5.41) is 3.18. The number of nitrogens with two attached hydrogens (primary N) is 1. The molecule has 2 aliphatic carbocycles. The molecule has 4 nitrogen and oxygen atoms in total. The molecule has 3 aliphatic rings. The van der Waals surface area contributed by atoms with E-state index >= 15 is 0 Å². The summed E-state index contributed by atoms with van der Waals surface area (Å²) < 4.78 is 0. The number of rotatable bonds is 5. The van der Waals surface area contributed by atoms with Gasteiger partial charge < -0.3 is 11.1 Å². The van der Waals surface area contributed by atoms with Crippen molar-refractivity contribution < 1.29 is 4.79 Å². The van der Waals surface area contributed by atoms with Crippen LogP contribution in [0.3, 0.4) is 0 Å². The fourth-order valence-electron chi connectivity index (χ4n) is 5.30. The highest BCUT2D eigenvalue weighted by Gasteiger charge is 2.40. The minimum atomic E-state index is 0.166. The summed E-state index contributed by atoms with van der Waals surface area (Å²) in [6.45, 7) is 4.15. The van der Waals surface area contributed by atoms with Gasteiger partial charge in [-0.25, -0.2) is 0 Å². The van der Waals surface area contributed by atoms with Gasteiger partial charge in [-0.3, -0.25) is 9.69 Å². The summed E-state index contributed by atoms with van der Waals surface area (Å²) >= 11 is 0. The quantitative estimate of drug-likeness (QED) is 0.853. The van der Waals surface area contributed by atoms with Crippen molar-refractivity contribution in [2.24, 2.45) is 23.5 Å². The lowest BCUT2D eigenvalue weighted by Crippen LogP contribution is -2.49. The molecule has 1 amide bonds. The number of carbonyl (C=O) groups excluding carboxylic acids is 1. The maximum absolute atomic E-state index is 12.6. The molecule has 1 aromatic rings. The minimum Gasteiger partial charge on any atom is -0.352 e. The zero-order valence-corrected chi connectivity index (χ0v) is 15.8. The lowest BCUT2D eigenvalue weighted by atomic mass is 9.65. The Kier molecular flexibility index (Phi) is 5.60. The SMILES string of the molecule is NC1C2CCCC1CC(C(=O)NCc1ccc(CN3CCCC3)cc1)C2. The molecule has 2 saturated carbocycles. The predicted octanol–water partition coefficient (Wildman–Crippen LogP) is 3.05. The van der Waals surface area contributed by atoms with Gasteiger partial charge in [-0.2, -0.15) is 0 Å². The molecule has 1 saturated heterocycles. The van der Waals surface area contributed by atoms with Crippen LogP contribution in [0, 0.1) is 17.8 Å². The lowest BCUT2D eigenvalue weighted by molar-refractivity contribution is -0.128. The lowest BCUT2D eigenvalue weighted by Gasteiger charge is -2.43. The number of hydrogen-bond donors (Lipinski definition) is 2. The molecule has 3 fully saturated rings. The maximum atomic E-state index is 12.6. The highest BCUT2D eigenvalue weighted by atomic mass is 16.1. The molecule has 26 heavy (non-hydrogen) atoms. The molecule has 0 radical (unpaired) electrons. The van der Waals surface area contributed by atoms with Gasteiger partial charge in [-0.15, -0.1) is 0 Å². The summed E-state index contributed by atoms with van der Waals surface area (Å²) in [4.78, 5) is 15.2. The van der Waals surface area contributed by atoms with Gasteiger partial charge >= 0.3 is 0 Å².